The van der Waals surface area contributed by atoms with Gasteiger partial charge in [-0.15, -0.1) is 0 Å². The highest BCUT2D eigenvalue weighted by atomic mass is 79.9. The van der Waals surface area contributed by atoms with E-state index in [0.717, 1.165) is 26.9 Å². The van der Waals surface area contributed by atoms with Crippen molar-refractivity contribution in [1.29, 1.82) is 0 Å². The molecule has 2 aromatic carbocycles. The molecule has 0 spiro atoms. The van der Waals surface area contributed by atoms with Crippen molar-refractivity contribution in [2.75, 3.05) is 21.3 Å². The summed E-state index contributed by atoms with van der Waals surface area (Å²) >= 11 is 3.49. The molecule has 1 aromatic heterocycles. The van der Waals surface area contributed by atoms with E-state index in [9.17, 15) is 0 Å². The van der Waals surface area contributed by atoms with Crippen LogP contribution in [0.2, 0.25) is 0 Å². The number of hydrogen-bond donors (Lipinski definition) is 0. The molecule has 0 amide bonds. The average Bonchev–Trinajstić information content (AvgIpc) is 2.66. The van der Waals surface area contributed by atoms with Crippen molar-refractivity contribution in [3.8, 4) is 39.6 Å². The minimum atomic E-state index is 0.576. The van der Waals surface area contributed by atoms with Gasteiger partial charge >= 0.3 is 0 Å². The number of aromatic nitrogens is 1. The summed E-state index contributed by atoms with van der Waals surface area (Å²) < 4.78 is 17.2. The molecule has 0 aliphatic heterocycles. The van der Waals surface area contributed by atoms with Crippen molar-refractivity contribution in [2.45, 2.75) is 0 Å². The van der Waals surface area contributed by atoms with Crippen molar-refractivity contribution in [1.82, 2.24) is 4.98 Å². The first-order valence-corrected chi connectivity index (χ1v) is 8.48. The highest BCUT2D eigenvalue weighted by Crippen LogP contribution is 2.41. The Morgan fingerprint density at radius 3 is 2.00 bits per heavy atom. The van der Waals surface area contributed by atoms with E-state index in [1.807, 2.05) is 54.7 Å². The average molecular weight is 400 g/mol. The first kappa shape index (κ1) is 17.3. The van der Waals surface area contributed by atoms with Gasteiger partial charge in [-0.3, -0.25) is 4.98 Å². The molecule has 0 aliphatic rings. The molecule has 3 aromatic rings. The van der Waals surface area contributed by atoms with Gasteiger partial charge in [0, 0.05) is 21.8 Å². The van der Waals surface area contributed by atoms with Crippen molar-refractivity contribution in [2.24, 2.45) is 0 Å². The minimum Gasteiger partial charge on any atom is -0.493 e. The second kappa shape index (κ2) is 7.57. The predicted molar refractivity (Wildman–Crippen MR) is 102 cm³/mol. The smallest absolute Gasteiger partial charge is 0.203 e. The fourth-order valence-electron chi connectivity index (χ4n) is 2.63. The summed E-state index contributed by atoms with van der Waals surface area (Å²) in [5.74, 6) is 1.81. The van der Waals surface area contributed by atoms with E-state index in [-0.39, 0.29) is 0 Å². The Bertz CT molecular complexity index is 853. The standard InChI is InChI=1S/C20H18BrNO3/c1-23-18-10-15(11-19(24-2)20(18)25-3)14-7-8-17(22-12-14)13-5-4-6-16(21)9-13/h4-12H,1-3H3. The molecule has 0 saturated carbocycles. The van der Waals surface area contributed by atoms with E-state index in [1.165, 1.54) is 0 Å². The highest BCUT2D eigenvalue weighted by molar-refractivity contribution is 9.10. The number of ether oxygens (including phenoxy) is 3. The molecule has 0 N–H and O–H groups in total. The lowest BCUT2D eigenvalue weighted by atomic mass is 10.0. The second-order valence-electron chi connectivity index (χ2n) is 5.36. The number of nitrogens with zero attached hydrogens (tertiary/aromatic N) is 1. The van der Waals surface area contributed by atoms with E-state index in [0.29, 0.717) is 17.2 Å². The first-order chi connectivity index (χ1) is 12.2. The van der Waals surface area contributed by atoms with E-state index in [2.05, 4.69) is 20.9 Å². The van der Waals surface area contributed by atoms with Gasteiger partial charge in [0.1, 0.15) is 0 Å². The lowest BCUT2D eigenvalue weighted by molar-refractivity contribution is 0.324. The van der Waals surface area contributed by atoms with Crippen molar-refractivity contribution in [3.05, 3.63) is 59.2 Å². The molecule has 4 nitrogen and oxygen atoms in total. The molecule has 5 heteroatoms. The zero-order chi connectivity index (χ0) is 17.8. The van der Waals surface area contributed by atoms with Gasteiger partial charge in [-0.05, 0) is 35.9 Å². The molecule has 1 heterocycles. The van der Waals surface area contributed by atoms with Crippen LogP contribution in [-0.4, -0.2) is 26.3 Å². The lowest BCUT2D eigenvalue weighted by Crippen LogP contribution is -1.96. The maximum atomic E-state index is 5.42. The molecular weight excluding hydrogens is 382 g/mol. The van der Waals surface area contributed by atoms with Crippen LogP contribution >= 0.6 is 15.9 Å². The number of pyridine rings is 1. The minimum absolute atomic E-state index is 0.576. The van der Waals surface area contributed by atoms with Crippen LogP contribution in [0.1, 0.15) is 0 Å². The molecule has 0 unspecified atom stereocenters. The lowest BCUT2D eigenvalue weighted by Gasteiger charge is -2.14. The molecule has 0 saturated heterocycles. The molecule has 0 radical (unpaired) electrons. The fourth-order valence-corrected chi connectivity index (χ4v) is 3.03. The number of rotatable bonds is 5. The first-order valence-electron chi connectivity index (χ1n) is 7.68. The summed E-state index contributed by atoms with van der Waals surface area (Å²) in [5.41, 5.74) is 3.89. The summed E-state index contributed by atoms with van der Waals surface area (Å²) in [4.78, 5) is 4.59. The zero-order valence-corrected chi connectivity index (χ0v) is 15.8. The second-order valence-corrected chi connectivity index (χ2v) is 6.27. The van der Waals surface area contributed by atoms with Crippen LogP contribution < -0.4 is 14.2 Å². The van der Waals surface area contributed by atoms with Crippen molar-refractivity contribution >= 4 is 15.9 Å². The van der Waals surface area contributed by atoms with Gasteiger partial charge < -0.3 is 14.2 Å². The van der Waals surface area contributed by atoms with E-state index in [1.54, 1.807) is 21.3 Å². The van der Waals surface area contributed by atoms with E-state index in [4.69, 9.17) is 14.2 Å². The van der Waals surface area contributed by atoms with Crippen LogP contribution in [0.3, 0.4) is 0 Å². The number of hydrogen-bond acceptors (Lipinski definition) is 4. The normalized spacial score (nSPS) is 10.4. The number of benzene rings is 2. The monoisotopic (exact) mass is 399 g/mol. The highest BCUT2D eigenvalue weighted by Gasteiger charge is 2.14. The van der Waals surface area contributed by atoms with Crippen molar-refractivity contribution < 1.29 is 14.2 Å². The topological polar surface area (TPSA) is 40.6 Å². The molecule has 25 heavy (non-hydrogen) atoms. The Morgan fingerprint density at radius 2 is 1.48 bits per heavy atom. The largest absolute Gasteiger partial charge is 0.493 e. The van der Waals surface area contributed by atoms with Gasteiger partial charge in [0.15, 0.2) is 11.5 Å². The molecule has 3 rings (SSSR count). The Balaban J connectivity index is 2.00. The van der Waals surface area contributed by atoms with Gasteiger partial charge in [0.25, 0.3) is 0 Å². The number of methoxy groups -OCH3 is 3. The van der Waals surface area contributed by atoms with E-state index >= 15 is 0 Å². The quantitative estimate of drug-likeness (QED) is 0.590. The summed E-state index contributed by atoms with van der Waals surface area (Å²) in [7, 11) is 4.81. The summed E-state index contributed by atoms with van der Waals surface area (Å²) in [6.07, 6.45) is 1.84. The van der Waals surface area contributed by atoms with Crippen LogP contribution in [0.25, 0.3) is 22.4 Å². The predicted octanol–water partition coefficient (Wildman–Crippen LogP) is 5.20. The van der Waals surface area contributed by atoms with Crippen LogP contribution in [0.15, 0.2) is 59.2 Å². The third-order valence-electron chi connectivity index (χ3n) is 3.88. The van der Waals surface area contributed by atoms with Crippen LogP contribution in [0, 0.1) is 0 Å². The summed E-state index contributed by atoms with van der Waals surface area (Å²) in [6.45, 7) is 0. The molecular formula is C20H18BrNO3. The Hall–Kier alpha value is -2.53. The van der Waals surface area contributed by atoms with Crippen molar-refractivity contribution in [3.63, 3.8) is 0 Å². The maximum absolute atomic E-state index is 5.42. The zero-order valence-electron chi connectivity index (χ0n) is 14.2. The third-order valence-corrected chi connectivity index (χ3v) is 4.38. The molecule has 0 bridgehead atoms. The summed E-state index contributed by atoms with van der Waals surface area (Å²) in [5, 5.41) is 0. The molecule has 0 aliphatic carbocycles. The van der Waals surface area contributed by atoms with Crippen LogP contribution in [0.5, 0.6) is 17.2 Å². The summed E-state index contributed by atoms with van der Waals surface area (Å²) in [6, 6.07) is 15.9. The molecule has 0 atom stereocenters. The Labute approximate surface area is 155 Å². The fraction of sp³-hybridized carbons (Fsp3) is 0.150. The SMILES string of the molecule is COc1cc(-c2ccc(-c3cccc(Br)c3)nc2)cc(OC)c1OC. The van der Waals surface area contributed by atoms with Gasteiger partial charge in [-0.25, -0.2) is 0 Å². The Kier molecular flexibility index (Phi) is 5.24. The van der Waals surface area contributed by atoms with Gasteiger partial charge in [-0.2, -0.15) is 0 Å². The maximum Gasteiger partial charge on any atom is 0.203 e. The molecule has 128 valence electrons. The van der Waals surface area contributed by atoms with Gasteiger partial charge in [0.05, 0.1) is 27.0 Å². The Morgan fingerprint density at radius 1 is 0.760 bits per heavy atom. The third kappa shape index (κ3) is 3.61. The number of halogens is 1. The van der Waals surface area contributed by atoms with Gasteiger partial charge in [0.2, 0.25) is 5.75 Å². The van der Waals surface area contributed by atoms with E-state index < -0.39 is 0 Å². The van der Waals surface area contributed by atoms with Gasteiger partial charge in [-0.1, -0.05) is 34.1 Å². The van der Waals surface area contributed by atoms with Crippen LogP contribution in [0.4, 0.5) is 0 Å². The van der Waals surface area contributed by atoms with Crippen LogP contribution in [-0.2, 0) is 0 Å². The molecule has 0 fully saturated rings.